The summed E-state index contributed by atoms with van der Waals surface area (Å²) in [5.74, 6) is 0. The second kappa shape index (κ2) is 7.92. The average Bonchev–Trinajstić information content (AvgIpc) is 3.27. The molecule has 0 saturated carbocycles. The zero-order valence-corrected chi connectivity index (χ0v) is 24.9. The smallest absolute Gasteiger partial charge is 0.161 e. The lowest BCUT2D eigenvalue weighted by Gasteiger charge is -2.38. The second-order valence-electron chi connectivity index (χ2n) is 12.5. The summed E-state index contributed by atoms with van der Waals surface area (Å²) in [4.78, 5) is 2.74. The van der Waals surface area contributed by atoms with Gasteiger partial charge in [-0.25, -0.2) is 0 Å². The lowest BCUT2D eigenvalue weighted by molar-refractivity contribution is 0.702. The number of rotatable bonds is 4. The molecule has 2 aromatic carbocycles. The largest absolute Gasteiger partial charge is 0.373 e. The molecule has 5 heteroatoms. The van der Waals surface area contributed by atoms with Crippen molar-refractivity contribution in [1.82, 2.24) is 8.47 Å². The van der Waals surface area contributed by atoms with Gasteiger partial charge in [0.05, 0.1) is 0 Å². The van der Waals surface area contributed by atoms with E-state index in [9.17, 15) is 0 Å². The predicted octanol–water partition coefficient (Wildman–Crippen LogP) is 9.45. The standard InChI is InChI=1S/C28H40N2SSi2/c1-27(2,3)32(7,8)29-19-25(21-15-11-13-17-23(21)29)31-26-20-30(33(9,10)28(4,5)6)24-18-14-12-16-22(24)26/h11-20H,1-10H3. The Labute approximate surface area is 206 Å². The molecule has 33 heavy (non-hydrogen) atoms. The maximum Gasteiger partial charge on any atom is 0.161 e. The van der Waals surface area contributed by atoms with Gasteiger partial charge in [0.1, 0.15) is 0 Å². The minimum Gasteiger partial charge on any atom is -0.373 e. The average molecular weight is 493 g/mol. The van der Waals surface area contributed by atoms with Crippen LogP contribution in [0.15, 0.2) is 70.7 Å². The first kappa shape index (κ1) is 24.4. The fraction of sp³-hybridized carbons (Fsp3) is 0.429. The van der Waals surface area contributed by atoms with Crippen molar-refractivity contribution < 1.29 is 0 Å². The van der Waals surface area contributed by atoms with Gasteiger partial charge in [-0.2, -0.15) is 0 Å². The van der Waals surface area contributed by atoms with Crippen molar-refractivity contribution in [3.05, 3.63) is 60.9 Å². The number of para-hydroxylation sites is 2. The summed E-state index contributed by atoms with van der Waals surface area (Å²) in [7, 11) is -3.48. The van der Waals surface area contributed by atoms with Crippen molar-refractivity contribution in [2.75, 3.05) is 0 Å². The van der Waals surface area contributed by atoms with Crippen LogP contribution in [0.2, 0.25) is 36.3 Å². The van der Waals surface area contributed by atoms with Gasteiger partial charge in [-0.3, -0.25) is 0 Å². The van der Waals surface area contributed by atoms with Crippen LogP contribution in [0, 0.1) is 0 Å². The summed E-state index contributed by atoms with van der Waals surface area (Å²) in [5.41, 5.74) is 2.75. The van der Waals surface area contributed by atoms with E-state index in [1.807, 2.05) is 11.8 Å². The predicted molar refractivity (Wildman–Crippen MR) is 153 cm³/mol. The van der Waals surface area contributed by atoms with Crippen LogP contribution in [0.3, 0.4) is 0 Å². The first-order valence-corrected chi connectivity index (χ1v) is 18.8. The summed E-state index contributed by atoms with van der Waals surface area (Å²) in [6.07, 6.45) is 4.90. The van der Waals surface area contributed by atoms with Crippen molar-refractivity contribution in [1.29, 1.82) is 0 Å². The highest BCUT2D eigenvalue weighted by molar-refractivity contribution is 7.99. The third kappa shape index (κ3) is 3.96. The van der Waals surface area contributed by atoms with Crippen molar-refractivity contribution in [3.8, 4) is 0 Å². The van der Waals surface area contributed by atoms with Crippen LogP contribution < -0.4 is 0 Å². The molecule has 4 aromatic rings. The van der Waals surface area contributed by atoms with E-state index < -0.39 is 16.5 Å². The first-order chi connectivity index (χ1) is 15.2. The third-order valence-electron chi connectivity index (χ3n) is 8.45. The Morgan fingerprint density at radius 3 is 1.24 bits per heavy atom. The minimum absolute atomic E-state index is 0.273. The van der Waals surface area contributed by atoms with E-state index >= 15 is 0 Å². The molecule has 0 N–H and O–H groups in total. The van der Waals surface area contributed by atoms with Gasteiger partial charge in [0.15, 0.2) is 16.5 Å². The van der Waals surface area contributed by atoms with Crippen LogP contribution in [0.1, 0.15) is 41.5 Å². The molecule has 0 spiro atoms. The molecule has 2 nitrogen and oxygen atoms in total. The van der Waals surface area contributed by atoms with E-state index in [4.69, 9.17) is 0 Å². The van der Waals surface area contributed by atoms with Crippen molar-refractivity contribution in [3.63, 3.8) is 0 Å². The quantitative estimate of drug-likeness (QED) is 0.258. The lowest BCUT2D eigenvalue weighted by Crippen LogP contribution is -2.44. The lowest BCUT2D eigenvalue weighted by atomic mass is 10.2. The fourth-order valence-corrected chi connectivity index (χ4v) is 9.47. The molecule has 0 aliphatic carbocycles. The molecule has 0 saturated heterocycles. The first-order valence-electron chi connectivity index (χ1n) is 12.1. The van der Waals surface area contributed by atoms with Gasteiger partial charge >= 0.3 is 0 Å². The molecule has 0 aliphatic heterocycles. The number of fused-ring (bicyclic) bond motifs is 2. The van der Waals surface area contributed by atoms with Gasteiger partial charge in [-0.1, -0.05) is 116 Å². The van der Waals surface area contributed by atoms with Gasteiger partial charge in [0, 0.05) is 44.0 Å². The SMILES string of the molecule is CC(C)(C)[Si](C)(C)n1cc(Sc2cn([Si](C)(C)C(C)(C)C)c3ccccc23)c2ccccc21. The summed E-state index contributed by atoms with van der Waals surface area (Å²) in [6.45, 7) is 24.4. The molecule has 176 valence electrons. The highest BCUT2D eigenvalue weighted by Crippen LogP contribution is 2.46. The maximum atomic E-state index is 2.64. The molecular weight excluding hydrogens is 453 g/mol. The van der Waals surface area contributed by atoms with Crippen LogP contribution in [-0.2, 0) is 0 Å². The van der Waals surface area contributed by atoms with Gasteiger partial charge in [0.2, 0.25) is 0 Å². The Morgan fingerprint density at radius 2 is 0.909 bits per heavy atom. The molecule has 2 heterocycles. The molecule has 0 radical (unpaired) electrons. The van der Waals surface area contributed by atoms with Gasteiger partial charge in [-0.15, -0.1) is 0 Å². The van der Waals surface area contributed by atoms with Crippen molar-refractivity contribution in [2.24, 2.45) is 0 Å². The molecule has 0 atom stereocenters. The van der Waals surface area contributed by atoms with Crippen LogP contribution >= 0.6 is 11.8 Å². The Hall–Kier alpha value is -1.70. The second-order valence-corrected chi connectivity index (χ2v) is 23.8. The van der Waals surface area contributed by atoms with Gasteiger partial charge < -0.3 is 8.47 Å². The van der Waals surface area contributed by atoms with E-state index in [0.29, 0.717) is 0 Å². The van der Waals surface area contributed by atoms with Gasteiger partial charge in [0.25, 0.3) is 0 Å². The van der Waals surface area contributed by atoms with E-state index in [2.05, 4.69) is 137 Å². The Morgan fingerprint density at radius 1 is 0.576 bits per heavy atom. The molecule has 0 aliphatic rings. The van der Waals surface area contributed by atoms with E-state index in [0.717, 1.165) is 0 Å². The van der Waals surface area contributed by atoms with E-state index in [1.165, 1.54) is 31.6 Å². The van der Waals surface area contributed by atoms with Crippen LogP contribution in [0.5, 0.6) is 0 Å². The number of hydrogen-bond donors (Lipinski definition) is 0. The topological polar surface area (TPSA) is 9.86 Å². The third-order valence-corrected chi connectivity index (χ3v) is 20.0. The maximum absolute atomic E-state index is 2.64. The van der Waals surface area contributed by atoms with Crippen LogP contribution in [0.25, 0.3) is 21.8 Å². The molecule has 0 unspecified atom stereocenters. The summed E-state index contributed by atoms with van der Waals surface area (Å²) < 4.78 is 5.27. The highest BCUT2D eigenvalue weighted by atomic mass is 32.2. The van der Waals surface area contributed by atoms with Crippen molar-refractivity contribution in [2.45, 2.75) is 87.6 Å². The zero-order valence-electron chi connectivity index (χ0n) is 22.1. The summed E-state index contributed by atoms with van der Waals surface area (Å²) >= 11 is 1.94. The van der Waals surface area contributed by atoms with Gasteiger partial charge in [-0.05, 0) is 22.2 Å². The van der Waals surface area contributed by atoms with Crippen LogP contribution in [0.4, 0.5) is 0 Å². The number of hydrogen-bond acceptors (Lipinski definition) is 1. The molecule has 4 rings (SSSR count). The molecule has 2 aromatic heterocycles. The number of aromatic nitrogens is 2. The summed E-state index contributed by atoms with van der Waals surface area (Å²) in [5, 5.41) is 3.29. The Bertz CT molecular complexity index is 1210. The van der Waals surface area contributed by atoms with Crippen molar-refractivity contribution >= 4 is 50.0 Å². The minimum atomic E-state index is -1.74. The van der Waals surface area contributed by atoms with Crippen LogP contribution in [-0.4, -0.2) is 24.9 Å². The molecule has 0 fully saturated rings. The molecule has 0 amide bonds. The molecule has 0 bridgehead atoms. The van der Waals surface area contributed by atoms with E-state index in [1.54, 1.807) is 0 Å². The molecular formula is C28H40N2SSi2. The number of nitrogens with zero attached hydrogens (tertiary/aromatic N) is 2. The summed E-state index contributed by atoms with van der Waals surface area (Å²) in [6, 6.07) is 17.9. The Balaban J connectivity index is 1.90. The number of benzene rings is 2. The van der Waals surface area contributed by atoms with E-state index in [-0.39, 0.29) is 10.1 Å². The highest BCUT2D eigenvalue weighted by Gasteiger charge is 2.40. The normalized spacial score (nSPS) is 13.9. The monoisotopic (exact) mass is 492 g/mol. The Kier molecular flexibility index (Phi) is 5.87. The fourth-order valence-electron chi connectivity index (χ4n) is 4.23. The zero-order chi connectivity index (χ0) is 24.4.